The maximum atomic E-state index is 11.7. The van der Waals surface area contributed by atoms with Gasteiger partial charge in [-0.3, -0.25) is 0 Å². The third kappa shape index (κ3) is 2.39. The van der Waals surface area contributed by atoms with Gasteiger partial charge in [-0.15, -0.1) is 0 Å². The highest BCUT2D eigenvalue weighted by Crippen LogP contribution is 2.27. The zero-order chi connectivity index (χ0) is 12.3. The van der Waals surface area contributed by atoms with Crippen LogP contribution in [-0.4, -0.2) is 24.0 Å². The molecule has 0 radical (unpaired) electrons. The van der Waals surface area contributed by atoms with Crippen molar-refractivity contribution in [1.82, 2.24) is 0 Å². The summed E-state index contributed by atoms with van der Waals surface area (Å²) in [6, 6.07) is 3.08. The number of rotatable bonds is 3. The van der Waals surface area contributed by atoms with E-state index in [0.29, 0.717) is 0 Å². The van der Waals surface area contributed by atoms with Crippen LogP contribution in [0.5, 0.6) is 0 Å². The summed E-state index contributed by atoms with van der Waals surface area (Å²) >= 11 is 0. The van der Waals surface area contributed by atoms with Crippen LogP contribution >= 0.6 is 0 Å². The van der Waals surface area contributed by atoms with Crippen molar-refractivity contribution in [3.63, 3.8) is 0 Å². The van der Waals surface area contributed by atoms with Crippen LogP contribution in [0.2, 0.25) is 0 Å². The molecule has 0 bridgehead atoms. The summed E-state index contributed by atoms with van der Waals surface area (Å²) in [4.78, 5) is 11.7. The second-order valence-corrected chi connectivity index (χ2v) is 3.58. The van der Waals surface area contributed by atoms with E-state index in [9.17, 15) is 9.90 Å². The summed E-state index contributed by atoms with van der Waals surface area (Å²) in [5.74, 6) is -1.75. The molecule has 0 saturated carbocycles. The number of ether oxygens (including phenoxy) is 2. The number of carbonyl (C=O) groups excluding carboxylic acids is 1. The molecule has 1 N–H and O–H groups in total. The van der Waals surface area contributed by atoms with Crippen molar-refractivity contribution < 1.29 is 23.8 Å². The number of aliphatic hydroxyl groups is 1. The van der Waals surface area contributed by atoms with Gasteiger partial charge in [-0.1, -0.05) is 6.08 Å². The van der Waals surface area contributed by atoms with Crippen molar-refractivity contribution in [2.45, 2.75) is 12.2 Å². The minimum absolute atomic E-state index is 0.0758. The number of furan rings is 1. The van der Waals surface area contributed by atoms with Crippen LogP contribution in [-0.2, 0) is 9.47 Å². The normalized spacial score (nSPS) is 23.2. The third-order valence-corrected chi connectivity index (χ3v) is 2.40. The second-order valence-electron chi connectivity index (χ2n) is 3.58. The van der Waals surface area contributed by atoms with Crippen molar-refractivity contribution in [3.8, 4) is 0 Å². The molecular formula is C12H12O5. The summed E-state index contributed by atoms with van der Waals surface area (Å²) in [6.07, 6.45) is 6.10. The molecule has 0 aliphatic heterocycles. The Balaban J connectivity index is 2.13. The Bertz CT molecular complexity index is 457. The molecule has 0 spiro atoms. The predicted octanol–water partition coefficient (Wildman–Crippen LogP) is 2.18. The average molecular weight is 236 g/mol. The Hall–Kier alpha value is -2.01. The number of allylic oxidation sites excluding steroid dienone is 2. The van der Waals surface area contributed by atoms with Crippen LogP contribution in [0.15, 0.2) is 46.8 Å². The number of carbonyl (C=O) groups is 1. The molecule has 1 aromatic rings. The first-order valence-electron chi connectivity index (χ1n) is 5.04. The summed E-state index contributed by atoms with van der Waals surface area (Å²) < 4.78 is 15.3. The molecule has 1 aromatic heterocycles. The molecular weight excluding hydrogens is 224 g/mol. The largest absolute Gasteiger partial charge is 0.512 e. The van der Waals surface area contributed by atoms with Gasteiger partial charge in [-0.2, -0.15) is 0 Å². The molecule has 90 valence electrons. The fourth-order valence-electron chi connectivity index (χ4n) is 1.53. The third-order valence-electron chi connectivity index (χ3n) is 2.40. The molecule has 2 rings (SSSR count). The van der Waals surface area contributed by atoms with E-state index in [-0.39, 0.29) is 17.9 Å². The Morgan fingerprint density at radius 3 is 3.00 bits per heavy atom. The van der Waals surface area contributed by atoms with E-state index in [1.807, 2.05) is 0 Å². The average Bonchev–Trinajstić information content (AvgIpc) is 2.82. The topological polar surface area (TPSA) is 68.9 Å². The highest BCUT2D eigenvalue weighted by atomic mass is 16.7. The molecule has 0 fully saturated rings. The van der Waals surface area contributed by atoms with Crippen LogP contribution in [0.4, 0.5) is 0 Å². The zero-order valence-electron chi connectivity index (χ0n) is 9.25. The molecule has 5 heteroatoms. The summed E-state index contributed by atoms with van der Waals surface area (Å²) in [6.45, 7) is 0. The number of aliphatic hydroxyl groups excluding tert-OH is 1. The van der Waals surface area contributed by atoms with Gasteiger partial charge in [-0.25, -0.2) is 4.79 Å². The first-order valence-corrected chi connectivity index (χ1v) is 5.04. The lowest BCUT2D eigenvalue weighted by molar-refractivity contribution is -0.156. The van der Waals surface area contributed by atoms with E-state index in [1.54, 1.807) is 18.2 Å². The van der Waals surface area contributed by atoms with Crippen LogP contribution in [0.25, 0.3) is 0 Å². The summed E-state index contributed by atoms with van der Waals surface area (Å²) in [5.41, 5.74) is 0. The van der Waals surface area contributed by atoms with E-state index in [0.717, 1.165) is 0 Å². The monoisotopic (exact) mass is 236 g/mol. The second kappa shape index (κ2) is 4.47. The minimum Gasteiger partial charge on any atom is -0.512 e. The minimum atomic E-state index is -1.28. The van der Waals surface area contributed by atoms with Crippen molar-refractivity contribution in [2.24, 2.45) is 0 Å². The Kier molecular flexibility index (Phi) is 3.01. The van der Waals surface area contributed by atoms with E-state index < -0.39 is 11.8 Å². The number of hydrogen-bond acceptors (Lipinski definition) is 5. The number of methoxy groups -OCH3 is 1. The lowest BCUT2D eigenvalue weighted by atomic mass is 10.1. The van der Waals surface area contributed by atoms with Gasteiger partial charge in [-0.05, 0) is 24.3 Å². The first kappa shape index (κ1) is 11.5. The fraction of sp³-hybridized carbons (Fsp3) is 0.250. The van der Waals surface area contributed by atoms with E-state index in [1.165, 1.54) is 25.5 Å². The van der Waals surface area contributed by atoms with Gasteiger partial charge in [0.25, 0.3) is 0 Å². The molecule has 1 aliphatic carbocycles. The van der Waals surface area contributed by atoms with Gasteiger partial charge < -0.3 is 19.0 Å². The fourth-order valence-corrected chi connectivity index (χ4v) is 1.53. The molecule has 0 saturated heterocycles. The maximum Gasteiger partial charge on any atom is 0.376 e. The van der Waals surface area contributed by atoms with Gasteiger partial charge >= 0.3 is 5.97 Å². The van der Waals surface area contributed by atoms with Gasteiger partial charge in [0.1, 0.15) is 0 Å². The van der Waals surface area contributed by atoms with E-state index in [4.69, 9.17) is 13.9 Å². The van der Waals surface area contributed by atoms with Crippen LogP contribution in [0.1, 0.15) is 17.0 Å². The van der Waals surface area contributed by atoms with Gasteiger partial charge in [0.05, 0.1) is 18.4 Å². The van der Waals surface area contributed by atoms with E-state index >= 15 is 0 Å². The van der Waals surface area contributed by atoms with Gasteiger partial charge in [0.2, 0.25) is 11.5 Å². The molecule has 1 atom stereocenters. The van der Waals surface area contributed by atoms with Crippen LogP contribution in [0.3, 0.4) is 0 Å². The molecule has 1 heterocycles. The lowest BCUT2D eigenvalue weighted by Crippen LogP contribution is -2.36. The maximum absolute atomic E-state index is 11.7. The van der Waals surface area contributed by atoms with Crippen molar-refractivity contribution >= 4 is 5.97 Å². The Morgan fingerprint density at radius 2 is 2.41 bits per heavy atom. The first-order chi connectivity index (χ1) is 8.15. The zero-order valence-corrected chi connectivity index (χ0v) is 9.25. The standard InChI is InChI=1S/C12H12O5/c1-15-12(6-2-4-9(13)8-12)17-11(14)10-5-3-7-16-10/h2-7,13H,8H2,1H3. The molecule has 5 nitrogen and oxygen atoms in total. The summed E-state index contributed by atoms with van der Waals surface area (Å²) in [7, 11) is 1.40. The van der Waals surface area contributed by atoms with Crippen LogP contribution < -0.4 is 0 Å². The molecule has 0 aromatic carbocycles. The molecule has 1 aliphatic rings. The predicted molar refractivity (Wildman–Crippen MR) is 58.3 cm³/mol. The van der Waals surface area contributed by atoms with Crippen LogP contribution in [0, 0.1) is 0 Å². The summed E-state index contributed by atoms with van der Waals surface area (Å²) in [5, 5.41) is 9.43. The Morgan fingerprint density at radius 1 is 1.59 bits per heavy atom. The van der Waals surface area contributed by atoms with Gasteiger partial charge in [0, 0.05) is 7.11 Å². The smallest absolute Gasteiger partial charge is 0.376 e. The number of esters is 1. The van der Waals surface area contributed by atoms with E-state index in [2.05, 4.69) is 0 Å². The van der Waals surface area contributed by atoms with Crippen molar-refractivity contribution in [1.29, 1.82) is 0 Å². The molecule has 17 heavy (non-hydrogen) atoms. The van der Waals surface area contributed by atoms with Gasteiger partial charge in [0.15, 0.2) is 0 Å². The molecule has 0 amide bonds. The van der Waals surface area contributed by atoms with Crippen molar-refractivity contribution in [2.75, 3.05) is 7.11 Å². The van der Waals surface area contributed by atoms with Crippen molar-refractivity contribution in [3.05, 3.63) is 48.1 Å². The SMILES string of the molecule is COC1(OC(=O)c2ccco2)C=CC=C(O)C1. The molecule has 1 unspecified atom stereocenters. The lowest BCUT2D eigenvalue weighted by Gasteiger charge is -2.29. The Labute approximate surface area is 97.9 Å². The highest BCUT2D eigenvalue weighted by molar-refractivity contribution is 5.86. The highest BCUT2D eigenvalue weighted by Gasteiger charge is 2.35. The quantitative estimate of drug-likeness (QED) is 0.643. The number of hydrogen-bond donors (Lipinski definition) is 1.